The Morgan fingerprint density at radius 2 is 1.78 bits per heavy atom. The Bertz CT molecular complexity index is 1470. The molecular formula is C22H16N6O3S. The molecule has 0 aliphatic carbocycles. The second kappa shape index (κ2) is 8.00. The summed E-state index contributed by atoms with van der Waals surface area (Å²) < 4.78 is 1.10. The van der Waals surface area contributed by atoms with Gasteiger partial charge in [-0.15, -0.1) is 16.4 Å². The summed E-state index contributed by atoms with van der Waals surface area (Å²) in [4.78, 5) is 32.2. The number of nitrogens with one attached hydrogen (secondary N) is 3. The van der Waals surface area contributed by atoms with E-state index in [0.717, 1.165) is 21.8 Å². The van der Waals surface area contributed by atoms with Gasteiger partial charge in [-0.05, 0) is 12.1 Å². The lowest BCUT2D eigenvalue weighted by Crippen LogP contribution is -2.15. The number of nitrogens with zero attached hydrogens (tertiary/aromatic N) is 3. The number of rotatable bonds is 5. The average Bonchev–Trinajstić information content (AvgIpc) is 3.40. The highest BCUT2D eigenvalue weighted by Gasteiger charge is 2.24. The summed E-state index contributed by atoms with van der Waals surface area (Å²) in [5.74, 6) is -0.751. The van der Waals surface area contributed by atoms with Gasteiger partial charge in [0.1, 0.15) is 5.56 Å². The number of carbonyl (C=O) groups is 1. The molecular weight excluding hydrogens is 428 g/mol. The lowest BCUT2D eigenvalue weighted by molar-refractivity contribution is 0.102. The number of anilines is 3. The monoisotopic (exact) mass is 444 g/mol. The van der Waals surface area contributed by atoms with Gasteiger partial charge in [-0.25, -0.2) is 4.98 Å². The fourth-order valence-electron chi connectivity index (χ4n) is 3.22. The summed E-state index contributed by atoms with van der Waals surface area (Å²) in [6, 6.07) is 19.7. The molecule has 0 fully saturated rings. The minimum absolute atomic E-state index is 0.0609. The van der Waals surface area contributed by atoms with Crippen molar-refractivity contribution in [2.45, 2.75) is 0 Å². The summed E-state index contributed by atoms with van der Waals surface area (Å²) in [6.07, 6.45) is 0. The topological polar surface area (TPSA) is 124 Å². The number of hydrogen-bond donors (Lipinski definition) is 4. The maximum absolute atomic E-state index is 13.2. The van der Waals surface area contributed by atoms with Crippen LogP contribution in [0.15, 0.2) is 76.9 Å². The smallest absolute Gasteiger partial charge is 0.265 e. The zero-order valence-corrected chi connectivity index (χ0v) is 17.3. The Balaban J connectivity index is 1.53. The standard InChI is InChI=1S/C22H16N6O3S/c29-16-11-17(30)28-20(25-16)18(19(27-28)23-14-9-5-2-6-10-14)21(31)26-22-24-15(12-32-22)13-7-3-1-4-8-13/h1-12,30H,(H,23,27)(H,25,29)(H,24,26,31). The van der Waals surface area contributed by atoms with Crippen LogP contribution < -0.4 is 16.2 Å². The van der Waals surface area contributed by atoms with Crippen molar-refractivity contribution in [1.29, 1.82) is 0 Å². The first kappa shape index (κ1) is 19.5. The first-order valence-electron chi connectivity index (χ1n) is 9.58. The number of aromatic nitrogens is 4. The van der Waals surface area contributed by atoms with Crippen molar-refractivity contribution in [3.63, 3.8) is 0 Å². The number of para-hydroxylation sites is 1. The quantitative estimate of drug-likeness (QED) is 0.326. The molecule has 0 spiro atoms. The van der Waals surface area contributed by atoms with Crippen molar-refractivity contribution in [3.05, 3.63) is 88.0 Å². The van der Waals surface area contributed by atoms with Crippen LogP contribution in [-0.2, 0) is 0 Å². The summed E-state index contributed by atoms with van der Waals surface area (Å²) in [7, 11) is 0. The number of carbonyl (C=O) groups excluding carboxylic acids is 1. The van der Waals surface area contributed by atoms with Crippen molar-refractivity contribution in [1.82, 2.24) is 19.6 Å². The molecule has 0 unspecified atom stereocenters. The molecule has 0 bridgehead atoms. The molecule has 3 heterocycles. The minimum Gasteiger partial charge on any atom is -0.493 e. The first-order chi connectivity index (χ1) is 15.6. The van der Waals surface area contributed by atoms with E-state index in [1.165, 1.54) is 11.3 Å². The fraction of sp³-hybridized carbons (Fsp3) is 0. The molecule has 2 aromatic carbocycles. The van der Waals surface area contributed by atoms with Crippen LogP contribution in [0.1, 0.15) is 10.4 Å². The van der Waals surface area contributed by atoms with Gasteiger partial charge < -0.3 is 15.4 Å². The second-order valence-electron chi connectivity index (χ2n) is 6.82. The van der Waals surface area contributed by atoms with Crippen LogP contribution in [0.5, 0.6) is 5.88 Å². The van der Waals surface area contributed by atoms with Crippen LogP contribution in [0.3, 0.4) is 0 Å². The molecule has 158 valence electrons. The van der Waals surface area contributed by atoms with Crippen LogP contribution in [0.25, 0.3) is 16.9 Å². The minimum atomic E-state index is -0.559. The van der Waals surface area contributed by atoms with E-state index in [-0.39, 0.29) is 22.9 Å². The van der Waals surface area contributed by atoms with Crippen LogP contribution in [0.2, 0.25) is 0 Å². The van der Waals surface area contributed by atoms with E-state index < -0.39 is 11.5 Å². The van der Waals surface area contributed by atoms with Gasteiger partial charge in [0.05, 0.1) is 11.8 Å². The van der Waals surface area contributed by atoms with Crippen molar-refractivity contribution in [2.24, 2.45) is 0 Å². The molecule has 10 heteroatoms. The molecule has 0 radical (unpaired) electrons. The van der Waals surface area contributed by atoms with Crippen LogP contribution in [0.4, 0.5) is 16.6 Å². The van der Waals surface area contributed by atoms with Gasteiger partial charge in [0.25, 0.3) is 11.5 Å². The van der Waals surface area contributed by atoms with Gasteiger partial charge in [0.2, 0.25) is 5.88 Å². The molecule has 32 heavy (non-hydrogen) atoms. The number of fused-ring (bicyclic) bond motifs is 1. The zero-order valence-electron chi connectivity index (χ0n) is 16.4. The maximum Gasteiger partial charge on any atom is 0.265 e. The normalized spacial score (nSPS) is 10.9. The highest BCUT2D eigenvalue weighted by Crippen LogP contribution is 2.28. The number of hydrogen-bond acceptors (Lipinski definition) is 7. The largest absolute Gasteiger partial charge is 0.493 e. The van der Waals surface area contributed by atoms with Gasteiger partial charge in [0.15, 0.2) is 16.6 Å². The van der Waals surface area contributed by atoms with Crippen molar-refractivity contribution >= 4 is 39.5 Å². The van der Waals surface area contributed by atoms with E-state index >= 15 is 0 Å². The molecule has 0 saturated heterocycles. The average molecular weight is 444 g/mol. The Morgan fingerprint density at radius 3 is 2.53 bits per heavy atom. The number of benzene rings is 2. The van der Waals surface area contributed by atoms with Crippen LogP contribution in [0, 0.1) is 0 Å². The molecule has 0 saturated carbocycles. The van der Waals surface area contributed by atoms with E-state index in [1.54, 1.807) is 12.1 Å². The lowest BCUT2D eigenvalue weighted by atomic mass is 10.2. The lowest BCUT2D eigenvalue weighted by Gasteiger charge is -2.06. The highest BCUT2D eigenvalue weighted by atomic mass is 32.1. The van der Waals surface area contributed by atoms with Gasteiger partial charge in [-0.2, -0.15) is 4.52 Å². The highest BCUT2D eigenvalue weighted by molar-refractivity contribution is 7.14. The molecule has 0 aliphatic rings. The third kappa shape index (κ3) is 3.70. The number of amides is 1. The molecule has 3 aromatic heterocycles. The van der Waals surface area contributed by atoms with Gasteiger partial charge in [-0.1, -0.05) is 48.5 Å². The third-order valence-electron chi connectivity index (χ3n) is 4.66. The Kier molecular flexibility index (Phi) is 4.88. The van der Waals surface area contributed by atoms with E-state index in [4.69, 9.17) is 0 Å². The number of H-pyrrole nitrogens is 1. The summed E-state index contributed by atoms with van der Waals surface area (Å²) in [6.45, 7) is 0. The van der Waals surface area contributed by atoms with E-state index in [2.05, 4.69) is 25.7 Å². The summed E-state index contributed by atoms with van der Waals surface area (Å²) in [5.41, 5.74) is 1.92. The Morgan fingerprint density at radius 1 is 1.06 bits per heavy atom. The van der Waals surface area contributed by atoms with E-state index in [9.17, 15) is 14.7 Å². The molecule has 1 amide bonds. The number of thiazole rings is 1. The molecule has 5 rings (SSSR count). The fourth-order valence-corrected chi connectivity index (χ4v) is 3.94. The van der Waals surface area contributed by atoms with Crippen molar-refractivity contribution in [2.75, 3.05) is 10.6 Å². The molecule has 4 N–H and O–H groups in total. The molecule has 0 atom stereocenters. The molecule has 5 aromatic rings. The predicted molar refractivity (Wildman–Crippen MR) is 123 cm³/mol. The Labute approximate surface area is 185 Å². The molecule has 9 nitrogen and oxygen atoms in total. The van der Waals surface area contributed by atoms with Crippen LogP contribution in [-0.4, -0.2) is 30.6 Å². The van der Waals surface area contributed by atoms with Gasteiger partial charge in [0, 0.05) is 16.6 Å². The number of aromatic amines is 1. The maximum atomic E-state index is 13.2. The summed E-state index contributed by atoms with van der Waals surface area (Å²) >= 11 is 1.28. The van der Waals surface area contributed by atoms with Crippen molar-refractivity contribution in [3.8, 4) is 17.1 Å². The predicted octanol–water partition coefficient (Wildman–Crippen LogP) is 3.85. The summed E-state index contributed by atoms with van der Waals surface area (Å²) in [5, 5.41) is 22.5. The van der Waals surface area contributed by atoms with Crippen molar-refractivity contribution < 1.29 is 9.90 Å². The van der Waals surface area contributed by atoms with Crippen LogP contribution >= 0.6 is 11.3 Å². The van der Waals surface area contributed by atoms with Gasteiger partial charge in [-0.3, -0.25) is 14.9 Å². The first-order valence-corrected chi connectivity index (χ1v) is 10.5. The van der Waals surface area contributed by atoms with E-state index in [1.807, 2.05) is 53.9 Å². The van der Waals surface area contributed by atoms with E-state index in [0.29, 0.717) is 10.8 Å². The Hall–Kier alpha value is -4.44. The van der Waals surface area contributed by atoms with Gasteiger partial charge >= 0.3 is 0 Å². The SMILES string of the molecule is O=C(Nc1nc(-c2ccccc2)cs1)c1c(Nc2ccccc2)nn2c(O)cc(=O)[nH]c12. The number of aromatic hydroxyl groups is 1. The third-order valence-corrected chi connectivity index (χ3v) is 5.42. The second-order valence-corrected chi connectivity index (χ2v) is 7.68. The zero-order chi connectivity index (χ0) is 22.1. The molecule has 0 aliphatic heterocycles.